The van der Waals surface area contributed by atoms with Crippen LogP contribution in [0, 0.1) is 0 Å². The molecule has 3 aromatic rings. The molecule has 5 nitrogen and oxygen atoms in total. The van der Waals surface area contributed by atoms with Gasteiger partial charge >= 0.3 is 0 Å². The minimum absolute atomic E-state index is 0.0418. The van der Waals surface area contributed by atoms with E-state index in [1.807, 2.05) is 18.2 Å². The van der Waals surface area contributed by atoms with Gasteiger partial charge in [-0.3, -0.25) is 0 Å². The van der Waals surface area contributed by atoms with Gasteiger partial charge in [0.2, 0.25) is 5.13 Å². The first-order valence-electron chi connectivity index (χ1n) is 6.60. The van der Waals surface area contributed by atoms with Crippen LogP contribution >= 0.6 is 34.7 Å². The van der Waals surface area contributed by atoms with Crippen LogP contribution in [0.5, 0.6) is 0 Å². The molecular weight excluding hydrogens is 338 g/mol. The highest BCUT2D eigenvalue weighted by molar-refractivity contribution is 8.01. The Morgan fingerprint density at radius 3 is 2.77 bits per heavy atom. The number of rotatable bonds is 3. The van der Waals surface area contributed by atoms with E-state index in [4.69, 9.17) is 11.6 Å². The molecule has 0 aliphatic heterocycles. The summed E-state index contributed by atoms with van der Waals surface area (Å²) < 4.78 is 0.835. The summed E-state index contributed by atoms with van der Waals surface area (Å²) in [7, 11) is 0. The summed E-state index contributed by atoms with van der Waals surface area (Å²) >= 11 is 8.99. The highest BCUT2D eigenvalue weighted by atomic mass is 35.5. The summed E-state index contributed by atoms with van der Waals surface area (Å²) in [6.07, 6.45) is 1.54. The Kier molecular flexibility index (Phi) is 4.20. The quantitative estimate of drug-likeness (QED) is 0.701. The zero-order valence-corrected chi connectivity index (χ0v) is 14.7. The Balaban J connectivity index is 1.87. The van der Waals surface area contributed by atoms with Gasteiger partial charge in [0.1, 0.15) is 11.4 Å². The highest BCUT2D eigenvalue weighted by Gasteiger charge is 2.15. The predicted octanol–water partition coefficient (Wildman–Crippen LogP) is 4.50. The second-order valence-electron chi connectivity index (χ2n) is 5.69. The minimum atomic E-state index is -0.0418. The number of nitrogens with one attached hydrogen (secondary N) is 1. The summed E-state index contributed by atoms with van der Waals surface area (Å²) in [5.74, 6) is 0. The fourth-order valence-corrected chi connectivity index (χ4v) is 3.91. The maximum absolute atomic E-state index is 6.00. The van der Waals surface area contributed by atoms with Crippen molar-refractivity contribution in [3.8, 4) is 0 Å². The Morgan fingerprint density at radius 1 is 1.18 bits per heavy atom. The van der Waals surface area contributed by atoms with E-state index in [0.717, 1.165) is 25.4 Å². The molecule has 0 atom stereocenters. The fourth-order valence-electron chi connectivity index (χ4n) is 1.79. The molecule has 22 heavy (non-hydrogen) atoms. The van der Waals surface area contributed by atoms with Crippen molar-refractivity contribution in [1.82, 2.24) is 20.2 Å². The molecule has 0 spiro atoms. The number of hydrogen-bond donors (Lipinski definition) is 1. The third-order valence-corrected chi connectivity index (χ3v) is 4.78. The molecule has 1 N–H and O–H groups in total. The number of nitrogens with zero attached hydrogens (tertiary/aromatic N) is 4. The lowest BCUT2D eigenvalue weighted by Gasteiger charge is -2.18. The number of halogens is 1. The van der Waals surface area contributed by atoms with Gasteiger partial charge in [0.05, 0.1) is 5.52 Å². The van der Waals surface area contributed by atoms with Crippen LogP contribution in [-0.4, -0.2) is 25.7 Å². The Labute approximate surface area is 141 Å². The first-order valence-corrected chi connectivity index (χ1v) is 8.62. The fraction of sp³-hybridized carbons (Fsp3) is 0.286. The largest absolute Gasteiger partial charge is 0.355 e. The smallest absolute Gasteiger partial charge is 0.206 e. The van der Waals surface area contributed by atoms with Gasteiger partial charge in [0.15, 0.2) is 4.34 Å². The molecular formula is C14H14ClN5S2. The summed E-state index contributed by atoms with van der Waals surface area (Å²) in [4.78, 5) is 8.59. The first kappa shape index (κ1) is 15.5. The normalized spacial score (nSPS) is 11.8. The van der Waals surface area contributed by atoms with Crippen molar-refractivity contribution in [1.29, 1.82) is 0 Å². The number of benzene rings is 1. The molecule has 3 rings (SSSR count). The third-order valence-electron chi connectivity index (χ3n) is 2.63. The molecule has 0 amide bonds. The molecule has 1 aromatic carbocycles. The van der Waals surface area contributed by atoms with Gasteiger partial charge in [-0.1, -0.05) is 22.9 Å². The molecule has 2 aromatic heterocycles. The van der Waals surface area contributed by atoms with Crippen LogP contribution < -0.4 is 5.32 Å². The zero-order chi connectivity index (χ0) is 15.7. The monoisotopic (exact) mass is 351 g/mol. The van der Waals surface area contributed by atoms with E-state index in [9.17, 15) is 0 Å². The molecule has 8 heteroatoms. The topological polar surface area (TPSA) is 63.6 Å². The van der Waals surface area contributed by atoms with Crippen LogP contribution in [0.2, 0.25) is 5.02 Å². The van der Waals surface area contributed by atoms with Crippen LogP contribution in [0.15, 0.2) is 33.9 Å². The Morgan fingerprint density at radius 2 is 2.00 bits per heavy atom. The van der Waals surface area contributed by atoms with Crippen molar-refractivity contribution >= 4 is 50.7 Å². The number of anilines is 1. The van der Waals surface area contributed by atoms with Gasteiger partial charge in [0, 0.05) is 15.9 Å². The molecule has 0 aliphatic rings. The minimum Gasteiger partial charge on any atom is -0.355 e. The van der Waals surface area contributed by atoms with Gasteiger partial charge in [-0.2, -0.15) is 0 Å². The van der Waals surface area contributed by atoms with Crippen molar-refractivity contribution in [2.24, 2.45) is 0 Å². The summed E-state index contributed by atoms with van der Waals surface area (Å²) in [6.45, 7) is 6.26. The number of hydrogen-bond acceptors (Lipinski definition) is 7. The molecule has 114 valence electrons. The van der Waals surface area contributed by atoms with Gasteiger partial charge < -0.3 is 5.32 Å². The first-order chi connectivity index (χ1) is 10.4. The molecule has 2 heterocycles. The molecule has 0 saturated carbocycles. The number of aromatic nitrogens is 4. The van der Waals surface area contributed by atoms with Gasteiger partial charge in [0.25, 0.3) is 0 Å². The molecule has 0 saturated heterocycles. The third kappa shape index (κ3) is 3.66. The lowest BCUT2D eigenvalue weighted by atomic mass is 10.1. The lowest BCUT2D eigenvalue weighted by Crippen LogP contribution is -2.25. The lowest BCUT2D eigenvalue weighted by molar-refractivity contribution is 0.631. The predicted molar refractivity (Wildman–Crippen MR) is 92.0 cm³/mol. The van der Waals surface area contributed by atoms with Gasteiger partial charge in [-0.25, -0.2) is 9.97 Å². The van der Waals surface area contributed by atoms with Crippen molar-refractivity contribution in [3.63, 3.8) is 0 Å². The van der Waals surface area contributed by atoms with Crippen molar-refractivity contribution in [2.45, 2.75) is 35.7 Å². The van der Waals surface area contributed by atoms with E-state index < -0.39 is 0 Å². The highest BCUT2D eigenvalue weighted by Crippen LogP contribution is 2.35. The van der Waals surface area contributed by atoms with Crippen molar-refractivity contribution in [2.75, 3.05) is 5.32 Å². The van der Waals surface area contributed by atoms with E-state index in [1.54, 1.807) is 0 Å². The van der Waals surface area contributed by atoms with Gasteiger partial charge in [-0.15, -0.1) is 10.2 Å². The zero-order valence-electron chi connectivity index (χ0n) is 12.3. The molecule has 0 fully saturated rings. The Hall–Kier alpha value is -1.44. The average Bonchev–Trinajstić information content (AvgIpc) is 2.83. The maximum atomic E-state index is 6.00. The van der Waals surface area contributed by atoms with Crippen LogP contribution in [0.3, 0.4) is 0 Å². The maximum Gasteiger partial charge on any atom is 0.206 e. The van der Waals surface area contributed by atoms with Crippen LogP contribution in [0.1, 0.15) is 20.8 Å². The average molecular weight is 352 g/mol. The van der Waals surface area contributed by atoms with E-state index >= 15 is 0 Å². The molecule has 0 aliphatic carbocycles. The van der Waals surface area contributed by atoms with Gasteiger partial charge in [-0.05, 0) is 50.7 Å². The number of fused-ring (bicyclic) bond motifs is 1. The summed E-state index contributed by atoms with van der Waals surface area (Å²) in [5, 5.41) is 14.9. The van der Waals surface area contributed by atoms with Crippen LogP contribution in [0.25, 0.3) is 10.9 Å². The van der Waals surface area contributed by atoms with Crippen LogP contribution in [-0.2, 0) is 0 Å². The standard InChI is InChI=1S/C14H14ClN5S2/c1-14(2,3)18-12-19-20-13(22-12)21-11-9-5-4-8(15)6-10(9)16-7-17-11/h4-7H,1-3H3,(H,18,19). The molecule has 0 bridgehead atoms. The summed E-state index contributed by atoms with van der Waals surface area (Å²) in [5.41, 5.74) is 0.780. The van der Waals surface area contributed by atoms with E-state index in [-0.39, 0.29) is 5.54 Å². The second kappa shape index (κ2) is 5.98. The molecule has 0 radical (unpaired) electrons. The Bertz CT molecular complexity index is 812. The van der Waals surface area contributed by atoms with Crippen LogP contribution in [0.4, 0.5) is 5.13 Å². The second-order valence-corrected chi connectivity index (χ2v) is 8.34. The van der Waals surface area contributed by atoms with Crippen molar-refractivity contribution < 1.29 is 0 Å². The van der Waals surface area contributed by atoms with Crippen molar-refractivity contribution in [3.05, 3.63) is 29.5 Å². The summed E-state index contributed by atoms with van der Waals surface area (Å²) in [6, 6.07) is 5.59. The van der Waals surface area contributed by atoms with E-state index in [2.05, 4.69) is 46.3 Å². The van der Waals surface area contributed by atoms with E-state index in [1.165, 1.54) is 29.4 Å². The SMILES string of the molecule is CC(C)(C)Nc1nnc(Sc2ncnc3cc(Cl)ccc23)s1. The van der Waals surface area contributed by atoms with E-state index in [0.29, 0.717) is 5.02 Å². The molecule has 0 unspecified atom stereocenters.